The molecule has 15 heavy (non-hydrogen) atoms. The Labute approximate surface area is 85.9 Å². The Morgan fingerprint density at radius 2 is 2.07 bits per heavy atom. The first kappa shape index (κ1) is 12.3. The van der Waals surface area contributed by atoms with Crippen molar-refractivity contribution in [2.45, 2.75) is 31.0 Å². The molecule has 1 unspecified atom stereocenters. The number of hydrogen-bond donors (Lipinski definition) is 2. The van der Waals surface area contributed by atoms with Gasteiger partial charge in [-0.3, -0.25) is 0 Å². The molecule has 0 bridgehead atoms. The van der Waals surface area contributed by atoms with Crippen molar-refractivity contribution < 1.29 is 18.3 Å². The van der Waals surface area contributed by atoms with E-state index in [4.69, 9.17) is 10.4 Å². The van der Waals surface area contributed by atoms with Crippen LogP contribution >= 0.6 is 0 Å². The molecule has 6 heteroatoms. The van der Waals surface area contributed by atoms with Gasteiger partial charge in [-0.2, -0.15) is 18.4 Å². The smallest absolute Gasteiger partial charge is 0.394 e. The third kappa shape index (κ3) is 2.83. The molecule has 86 valence electrons. The van der Waals surface area contributed by atoms with Crippen LogP contribution in [0.5, 0.6) is 0 Å². The fourth-order valence-electron chi connectivity index (χ4n) is 1.55. The highest BCUT2D eigenvalue weighted by molar-refractivity contribution is 4.98. The zero-order chi connectivity index (χ0) is 11.5. The summed E-state index contributed by atoms with van der Waals surface area (Å²) in [4.78, 5) is 0. The van der Waals surface area contributed by atoms with E-state index in [9.17, 15) is 13.2 Å². The van der Waals surface area contributed by atoms with Crippen LogP contribution in [0.15, 0.2) is 0 Å². The molecule has 0 heterocycles. The van der Waals surface area contributed by atoms with Crippen LogP contribution in [0.4, 0.5) is 13.2 Å². The van der Waals surface area contributed by atoms with Gasteiger partial charge >= 0.3 is 6.18 Å². The molecule has 1 rings (SSSR count). The zero-order valence-electron chi connectivity index (χ0n) is 8.14. The van der Waals surface area contributed by atoms with Crippen LogP contribution in [0.2, 0.25) is 0 Å². The van der Waals surface area contributed by atoms with Gasteiger partial charge in [0.2, 0.25) is 0 Å². The summed E-state index contributed by atoms with van der Waals surface area (Å²) < 4.78 is 36.6. The molecule has 0 aromatic heterocycles. The van der Waals surface area contributed by atoms with Gasteiger partial charge in [0, 0.05) is 12.1 Å². The molecule has 1 saturated carbocycles. The second kappa shape index (κ2) is 4.37. The lowest BCUT2D eigenvalue weighted by Gasteiger charge is -2.41. The van der Waals surface area contributed by atoms with Crippen molar-refractivity contribution in [1.82, 2.24) is 5.32 Å². The summed E-state index contributed by atoms with van der Waals surface area (Å²) in [5, 5.41) is 20.0. The monoisotopic (exact) mass is 222 g/mol. The van der Waals surface area contributed by atoms with Crippen LogP contribution in [0.25, 0.3) is 0 Å². The Bertz CT molecular complexity index is 250. The molecule has 0 amide bonds. The largest absolute Gasteiger partial charge is 0.405 e. The fraction of sp³-hybridized carbons (Fsp3) is 0.889. The maximum atomic E-state index is 12.2. The number of aliphatic hydroxyl groups excluding tert-OH is 1. The molecule has 0 saturated heterocycles. The van der Waals surface area contributed by atoms with Gasteiger partial charge in [0.05, 0.1) is 12.7 Å². The van der Waals surface area contributed by atoms with Gasteiger partial charge in [-0.1, -0.05) is 0 Å². The minimum atomic E-state index is -4.50. The van der Waals surface area contributed by atoms with Gasteiger partial charge < -0.3 is 10.4 Å². The topological polar surface area (TPSA) is 56.0 Å². The number of aliphatic hydroxyl groups is 1. The minimum absolute atomic E-state index is 0.178. The molecule has 0 aromatic rings. The zero-order valence-corrected chi connectivity index (χ0v) is 8.14. The van der Waals surface area contributed by atoms with Crippen molar-refractivity contribution in [3.8, 4) is 6.07 Å². The number of rotatable bonds is 4. The molecule has 1 fully saturated rings. The summed E-state index contributed by atoms with van der Waals surface area (Å²) in [7, 11) is 0. The van der Waals surface area contributed by atoms with Crippen LogP contribution in [-0.4, -0.2) is 30.0 Å². The van der Waals surface area contributed by atoms with Crippen molar-refractivity contribution in [1.29, 1.82) is 5.26 Å². The van der Waals surface area contributed by atoms with Gasteiger partial charge in [0.25, 0.3) is 0 Å². The summed E-state index contributed by atoms with van der Waals surface area (Å²) in [6, 6.07) is 1.22. The van der Waals surface area contributed by atoms with Crippen molar-refractivity contribution >= 4 is 0 Å². The Hall–Kier alpha value is -0.800. The van der Waals surface area contributed by atoms with E-state index in [0.717, 1.165) is 6.42 Å². The SMILES string of the molecule is N#CC(CNC1(CO)CCC1)C(F)(F)F. The lowest BCUT2D eigenvalue weighted by Crippen LogP contribution is -2.56. The first-order valence-corrected chi connectivity index (χ1v) is 4.76. The summed E-state index contributed by atoms with van der Waals surface area (Å²) in [5.74, 6) is -2.00. The molecule has 1 aliphatic carbocycles. The Morgan fingerprint density at radius 3 is 2.33 bits per heavy atom. The molecule has 2 N–H and O–H groups in total. The standard InChI is InChI=1S/C9H13F3N2O/c10-9(11,12)7(4-13)5-14-8(6-15)2-1-3-8/h7,14-15H,1-3,5-6H2. The van der Waals surface area contributed by atoms with Crippen LogP contribution in [-0.2, 0) is 0 Å². The summed E-state index contributed by atoms with van der Waals surface area (Å²) >= 11 is 0. The number of nitriles is 1. The number of halogens is 3. The van der Waals surface area contributed by atoms with E-state index in [2.05, 4.69) is 5.32 Å². The Kier molecular flexibility index (Phi) is 3.58. The second-order valence-corrected chi connectivity index (χ2v) is 3.90. The normalized spacial score (nSPS) is 21.5. The third-order valence-electron chi connectivity index (χ3n) is 2.85. The van der Waals surface area contributed by atoms with Gasteiger partial charge in [0.15, 0.2) is 5.92 Å². The van der Waals surface area contributed by atoms with Crippen LogP contribution in [0.3, 0.4) is 0 Å². The van der Waals surface area contributed by atoms with Crippen LogP contribution in [0.1, 0.15) is 19.3 Å². The van der Waals surface area contributed by atoms with Gasteiger partial charge in [-0.15, -0.1) is 0 Å². The highest BCUT2D eigenvalue weighted by Gasteiger charge is 2.43. The van der Waals surface area contributed by atoms with Gasteiger partial charge in [0.1, 0.15) is 0 Å². The number of nitrogens with one attached hydrogen (secondary N) is 1. The Balaban J connectivity index is 2.45. The molecular weight excluding hydrogens is 209 g/mol. The van der Waals surface area contributed by atoms with Crippen molar-refractivity contribution in [3.05, 3.63) is 0 Å². The van der Waals surface area contributed by atoms with Crippen molar-refractivity contribution in [2.24, 2.45) is 5.92 Å². The predicted octanol–water partition coefficient (Wildman–Crippen LogP) is 1.19. The molecule has 0 spiro atoms. The summed E-state index contributed by atoms with van der Waals surface area (Å²) in [6.07, 6.45) is -2.27. The molecule has 1 atom stereocenters. The fourth-order valence-corrected chi connectivity index (χ4v) is 1.55. The van der Waals surface area contributed by atoms with E-state index >= 15 is 0 Å². The van der Waals surface area contributed by atoms with Crippen molar-refractivity contribution in [2.75, 3.05) is 13.2 Å². The number of alkyl halides is 3. The molecular formula is C9H13F3N2O. The molecule has 0 aromatic carbocycles. The lowest BCUT2D eigenvalue weighted by atomic mass is 9.77. The first-order valence-electron chi connectivity index (χ1n) is 4.76. The van der Waals surface area contributed by atoms with Crippen LogP contribution in [0, 0.1) is 17.2 Å². The molecule has 0 aliphatic heterocycles. The second-order valence-electron chi connectivity index (χ2n) is 3.90. The van der Waals surface area contributed by atoms with E-state index in [1.807, 2.05) is 0 Å². The van der Waals surface area contributed by atoms with E-state index in [0.29, 0.717) is 12.8 Å². The molecule has 1 aliphatic rings. The van der Waals surface area contributed by atoms with E-state index < -0.39 is 24.2 Å². The first-order chi connectivity index (χ1) is 6.93. The van der Waals surface area contributed by atoms with E-state index in [-0.39, 0.29) is 6.61 Å². The third-order valence-corrected chi connectivity index (χ3v) is 2.85. The van der Waals surface area contributed by atoms with Crippen molar-refractivity contribution in [3.63, 3.8) is 0 Å². The maximum Gasteiger partial charge on any atom is 0.405 e. The van der Waals surface area contributed by atoms with E-state index in [1.54, 1.807) is 0 Å². The van der Waals surface area contributed by atoms with Crippen LogP contribution < -0.4 is 5.32 Å². The van der Waals surface area contributed by atoms with Gasteiger partial charge in [-0.25, -0.2) is 0 Å². The Morgan fingerprint density at radius 1 is 1.47 bits per heavy atom. The van der Waals surface area contributed by atoms with E-state index in [1.165, 1.54) is 6.07 Å². The number of nitrogens with zero attached hydrogens (tertiary/aromatic N) is 1. The average Bonchev–Trinajstić information content (AvgIpc) is 2.07. The predicted molar refractivity (Wildman–Crippen MR) is 46.8 cm³/mol. The lowest BCUT2D eigenvalue weighted by molar-refractivity contribution is -0.159. The molecule has 0 radical (unpaired) electrons. The highest BCUT2D eigenvalue weighted by atomic mass is 19.4. The number of hydrogen-bond acceptors (Lipinski definition) is 3. The summed E-state index contributed by atoms with van der Waals surface area (Å²) in [5.41, 5.74) is -0.583. The minimum Gasteiger partial charge on any atom is -0.394 e. The highest BCUT2D eigenvalue weighted by Crippen LogP contribution is 2.32. The maximum absolute atomic E-state index is 12.2. The molecule has 3 nitrogen and oxygen atoms in total. The van der Waals surface area contributed by atoms with Gasteiger partial charge in [-0.05, 0) is 19.3 Å². The summed E-state index contributed by atoms with van der Waals surface area (Å²) in [6.45, 7) is -0.621. The average molecular weight is 222 g/mol. The quantitative estimate of drug-likeness (QED) is 0.751.